The normalized spacial score (nSPS) is 17.3. The number of morpholine rings is 1. The number of hydrogen-bond acceptors (Lipinski definition) is 7. The van der Waals surface area contributed by atoms with Gasteiger partial charge in [0.2, 0.25) is 0 Å². The Morgan fingerprint density at radius 3 is 2.83 bits per heavy atom. The molecule has 7 nitrogen and oxygen atoms in total. The summed E-state index contributed by atoms with van der Waals surface area (Å²) in [5, 5.41) is 18.8. The van der Waals surface area contributed by atoms with Crippen LogP contribution in [0.3, 0.4) is 0 Å². The first-order valence-corrected chi connectivity index (χ1v) is 9.35. The summed E-state index contributed by atoms with van der Waals surface area (Å²) in [5.74, 6) is -0.362. The second kappa shape index (κ2) is 10.0. The minimum atomic E-state index is -0.805. The van der Waals surface area contributed by atoms with E-state index >= 15 is 0 Å². The first-order valence-electron chi connectivity index (χ1n) is 8.47. The average Bonchev–Trinajstić information content (AvgIpc) is 3.04. The molecule has 0 bridgehead atoms. The van der Waals surface area contributed by atoms with Crippen molar-refractivity contribution >= 4 is 17.3 Å². The molecule has 1 aromatic rings. The van der Waals surface area contributed by atoms with Crippen LogP contribution in [0.5, 0.6) is 0 Å². The number of carboxylic acid groups (broad SMARTS) is 1. The van der Waals surface area contributed by atoms with Crippen molar-refractivity contribution in [2.24, 2.45) is 0 Å². The number of rotatable bonds is 10. The van der Waals surface area contributed by atoms with Gasteiger partial charge < -0.3 is 9.84 Å². The van der Waals surface area contributed by atoms with E-state index in [1.165, 1.54) is 0 Å². The zero-order valence-corrected chi connectivity index (χ0v) is 15.3. The number of thiazole rings is 1. The van der Waals surface area contributed by atoms with Gasteiger partial charge in [0, 0.05) is 44.1 Å². The van der Waals surface area contributed by atoms with E-state index in [1.54, 1.807) is 11.3 Å². The second-order valence-corrected chi connectivity index (χ2v) is 7.16. The minimum absolute atomic E-state index is 0.443. The van der Waals surface area contributed by atoms with Crippen LogP contribution in [0.15, 0.2) is 5.38 Å². The van der Waals surface area contributed by atoms with E-state index in [-0.39, 0.29) is 0 Å². The molecule has 8 heteroatoms. The Bertz CT molecular complexity index is 503. The molecule has 1 aromatic heterocycles. The van der Waals surface area contributed by atoms with Crippen LogP contribution in [0.1, 0.15) is 36.9 Å². The van der Waals surface area contributed by atoms with Crippen LogP contribution in [0.25, 0.3) is 0 Å². The maximum atomic E-state index is 11.4. The molecule has 136 valence electrons. The summed E-state index contributed by atoms with van der Waals surface area (Å²) in [4.78, 5) is 18.2. The standard InChI is InChI=1S/C16H28N4O3S/c1-12(2)15-19-13(10-24-15)9-17-11-18-14(16(21)22)3-4-20-5-7-23-8-6-20/h10,12,14,17-18H,3-9,11H2,1-2H3,(H,21,22)/t14-/m0/s1. The Balaban J connectivity index is 1.66. The fourth-order valence-corrected chi connectivity index (χ4v) is 3.34. The molecular formula is C16H28N4O3S. The number of carboxylic acids is 1. The summed E-state index contributed by atoms with van der Waals surface area (Å²) in [7, 11) is 0. The highest BCUT2D eigenvalue weighted by atomic mass is 32.1. The van der Waals surface area contributed by atoms with Gasteiger partial charge in [0.05, 0.1) is 23.9 Å². The molecule has 24 heavy (non-hydrogen) atoms. The Morgan fingerprint density at radius 1 is 1.46 bits per heavy atom. The lowest BCUT2D eigenvalue weighted by atomic mass is 10.2. The third-order valence-electron chi connectivity index (χ3n) is 3.98. The maximum Gasteiger partial charge on any atom is 0.320 e. The van der Waals surface area contributed by atoms with Gasteiger partial charge in [-0.15, -0.1) is 11.3 Å². The van der Waals surface area contributed by atoms with E-state index in [2.05, 4.69) is 39.7 Å². The maximum absolute atomic E-state index is 11.4. The Morgan fingerprint density at radius 2 is 2.21 bits per heavy atom. The highest BCUT2D eigenvalue weighted by Gasteiger charge is 2.19. The molecule has 1 aliphatic heterocycles. The van der Waals surface area contributed by atoms with Gasteiger partial charge in [-0.1, -0.05) is 13.8 Å². The van der Waals surface area contributed by atoms with Gasteiger partial charge in [0.15, 0.2) is 0 Å². The van der Waals surface area contributed by atoms with Crippen molar-refractivity contribution in [2.75, 3.05) is 39.5 Å². The molecule has 0 radical (unpaired) electrons. The number of hydrogen-bond donors (Lipinski definition) is 3. The van der Waals surface area contributed by atoms with E-state index < -0.39 is 12.0 Å². The first kappa shape index (κ1) is 19.3. The van der Waals surface area contributed by atoms with Crippen LogP contribution >= 0.6 is 11.3 Å². The fraction of sp³-hybridized carbons (Fsp3) is 0.750. The molecule has 2 rings (SSSR count). The molecule has 1 aliphatic rings. The van der Waals surface area contributed by atoms with E-state index in [0.717, 1.165) is 43.5 Å². The van der Waals surface area contributed by atoms with E-state index in [9.17, 15) is 9.90 Å². The van der Waals surface area contributed by atoms with Crippen LogP contribution in [0.4, 0.5) is 0 Å². The lowest BCUT2D eigenvalue weighted by molar-refractivity contribution is -0.139. The van der Waals surface area contributed by atoms with Crippen LogP contribution in [-0.4, -0.2) is 66.5 Å². The van der Waals surface area contributed by atoms with Crippen LogP contribution in [0, 0.1) is 0 Å². The van der Waals surface area contributed by atoms with Gasteiger partial charge >= 0.3 is 5.97 Å². The van der Waals surface area contributed by atoms with Crippen molar-refractivity contribution in [1.82, 2.24) is 20.5 Å². The van der Waals surface area contributed by atoms with Crippen molar-refractivity contribution in [3.63, 3.8) is 0 Å². The average molecular weight is 356 g/mol. The third kappa shape index (κ3) is 6.45. The lowest BCUT2D eigenvalue weighted by Gasteiger charge is -2.27. The van der Waals surface area contributed by atoms with Crippen LogP contribution in [-0.2, 0) is 16.1 Å². The lowest BCUT2D eigenvalue weighted by Crippen LogP contribution is -2.45. The van der Waals surface area contributed by atoms with Gasteiger partial charge in [0.25, 0.3) is 0 Å². The summed E-state index contributed by atoms with van der Waals surface area (Å²) in [5.41, 5.74) is 1.01. The number of aliphatic carboxylic acids is 1. The van der Waals surface area contributed by atoms with Gasteiger partial charge in [-0.05, 0) is 6.42 Å². The van der Waals surface area contributed by atoms with Gasteiger partial charge in [0.1, 0.15) is 6.04 Å². The monoisotopic (exact) mass is 356 g/mol. The van der Waals surface area contributed by atoms with Crippen molar-refractivity contribution in [1.29, 1.82) is 0 Å². The number of aromatic nitrogens is 1. The van der Waals surface area contributed by atoms with Gasteiger partial charge in [-0.3, -0.25) is 20.3 Å². The van der Waals surface area contributed by atoms with Crippen LogP contribution < -0.4 is 10.6 Å². The smallest absolute Gasteiger partial charge is 0.320 e. The quantitative estimate of drug-likeness (QED) is 0.427. The zero-order valence-electron chi connectivity index (χ0n) is 14.5. The topological polar surface area (TPSA) is 86.7 Å². The molecule has 3 N–H and O–H groups in total. The molecule has 2 heterocycles. The largest absolute Gasteiger partial charge is 0.480 e. The number of ether oxygens (including phenoxy) is 1. The summed E-state index contributed by atoms with van der Waals surface area (Å²) < 4.78 is 5.30. The molecular weight excluding hydrogens is 328 g/mol. The molecule has 0 spiro atoms. The second-order valence-electron chi connectivity index (χ2n) is 6.27. The number of carbonyl (C=O) groups is 1. The molecule has 0 aromatic carbocycles. The minimum Gasteiger partial charge on any atom is -0.480 e. The molecule has 0 saturated carbocycles. The van der Waals surface area contributed by atoms with Crippen molar-refractivity contribution in [2.45, 2.75) is 38.8 Å². The predicted molar refractivity (Wildman–Crippen MR) is 94.3 cm³/mol. The van der Waals surface area contributed by atoms with Crippen molar-refractivity contribution < 1.29 is 14.6 Å². The Hall–Kier alpha value is -1.06. The van der Waals surface area contributed by atoms with Gasteiger partial charge in [-0.2, -0.15) is 0 Å². The Kier molecular flexibility index (Phi) is 8.07. The molecule has 1 saturated heterocycles. The highest BCUT2D eigenvalue weighted by molar-refractivity contribution is 7.09. The zero-order chi connectivity index (χ0) is 17.4. The highest BCUT2D eigenvalue weighted by Crippen LogP contribution is 2.18. The van der Waals surface area contributed by atoms with Gasteiger partial charge in [-0.25, -0.2) is 4.98 Å². The summed E-state index contributed by atoms with van der Waals surface area (Å²) in [6, 6.07) is -0.540. The SMILES string of the molecule is CC(C)c1nc(CNCN[C@@H](CCN2CCOCC2)C(=O)O)cs1. The molecule has 1 fully saturated rings. The summed E-state index contributed by atoms with van der Waals surface area (Å²) in [6.45, 7) is 9.36. The molecule has 1 atom stereocenters. The predicted octanol–water partition coefficient (Wildman–Crippen LogP) is 1.08. The Labute approximate surface area is 147 Å². The van der Waals surface area contributed by atoms with Crippen molar-refractivity contribution in [3.05, 3.63) is 16.1 Å². The summed E-state index contributed by atoms with van der Waals surface area (Å²) in [6.07, 6.45) is 0.589. The molecule has 0 amide bonds. The van der Waals surface area contributed by atoms with Crippen LogP contribution in [0.2, 0.25) is 0 Å². The first-order chi connectivity index (χ1) is 11.6. The third-order valence-corrected chi connectivity index (χ3v) is 5.17. The van der Waals surface area contributed by atoms with Crippen molar-refractivity contribution in [3.8, 4) is 0 Å². The van der Waals surface area contributed by atoms with E-state index in [1.807, 2.05) is 0 Å². The number of nitrogens with zero attached hydrogens (tertiary/aromatic N) is 2. The fourth-order valence-electron chi connectivity index (χ4n) is 2.50. The molecule has 0 unspecified atom stereocenters. The molecule has 0 aliphatic carbocycles. The number of nitrogens with one attached hydrogen (secondary N) is 2. The van der Waals surface area contributed by atoms with E-state index in [4.69, 9.17) is 4.74 Å². The van der Waals surface area contributed by atoms with E-state index in [0.29, 0.717) is 25.6 Å². The summed E-state index contributed by atoms with van der Waals surface area (Å²) >= 11 is 1.67.